The molecular weight excluding hydrogens is 240 g/mol. The van der Waals surface area contributed by atoms with E-state index in [1.54, 1.807) is 13.0 Å². The van der Waals surface area contributed by atoms with Crippen molar-refractivity contribution in [2.24, 2.45) is 0 Å². The number of hydrogen-bond acceptors (Lipinski definition) is 4. The first-order valence-corrected chi connectivity index (χ1v) is 7.05. The van der Waals surface area contributed by atoms with Crippen molar-refractivity contribution in [3.05, 3.63) is 24.0 Å². The van der Waals surface area contributed by atoms with E-state index in [1.165, 1.54) is 16.6 Å². The predicted octanol–water partition coefficient (Wildman–Crippen LogP) is 0.535. The Morgan fingerprint density at radius 3 is 2.65 bits per heavy atom. The summed E-state index contributed by atoms with van der Waals surface area (Å²) in [4.78, 5) is 4.27. The Morgan fingerprint density at radius 2 is 2.06 bits per heavy atom. The van der Waals surface area contributed by atoms with E-state index >= 15 is 0 Å². The number of pyridine rings is 1. The average Bonchev–Trinajstić information content (AvgIpc) is 2.29. The van der Waals surface area contributed by atoms with Gasteiger partial charge in [0.05, 0.1) is 11.0 Å². The third-order valence-electron chi connectivity index (χ3n) is 2.93. The van der Waals surface area contributed by atoms with Crippen LogP contribution < -0.4 is 0 Å². The fraction of sp³-hybridized carbons (Fsp3) is 0.545. The minimum absolute atomic E-state index is 0.279. The molecule has 0 atom stereocenters. The van der Waals surface area contributed by atoms with Crippen LogP contribution in [0.5, 0.6) is 0 Å². The van der Waals surface area contributed by atoms with Gasteiger partial charge >= 0.3 is 0 Å². The van der Waals surface area contributed by atoms with Crippen LogP contribution in [0.3, 0.4) is 0 Å². The zero-order valence-electron chi connectivity index (χ0n) is 9.70. The monoisotopic (exact) mass is 256 g/mol. The van der Waals surface area contributed by atoms with E-state index in [1.807, 2.05) is 0 Å². The molecule has 2 heterocycles. The second kappa shape index (κ2) is 4.72. The van der Waals surface area contributed by atoms with E-state index in [9.17, 15) is 13.5 Å². The topological polar surface area (TPSA) is 70.5 Å². The molecule has 5 nitrogen and oxygen atoms in total. The lowest BCUT2D eigenvalue weighted by Crippen LogP contribution is -2.40. The van der Waals surface area contributed by atoms with Gasteiger partial charge in [-0.15, -0.1) is 0 Å². The van der Waals surface area contributed by atoms with Crippen LogP contribution in [0.1, 0.15) is 18.5 Å². The minimum Gasteiger partial charge on any atom is -0.393 e. The molecule has 0 saturated carbocycles. The van der Waals surface area contributed by atoms with Crippen LogP contribution in [0.15, 0.2) is 23.2 Å². The Labute approximate surface area is 101 Å². The number of aromatic nitrogens is 1. The first kappa shape index (κ1) is 12.5. The highest BCUT2D eigenvalue weighted by Crippen LogP contribution is 2.20. The molecule has 6 heteroatoms. The first-order valence-electron chi connectivity index (χ1n) is 5.61. The molecule has 1 aliphatic heterocycles. The van der Waals surface area contributed by atoms with Crippen LogP contribution in [0.2, 0.25) is 0 Å². The third kappa shape index (κ3) is 2.65. The summed E-state index contributed by atoms with van der Waals surface area (Å²) < 4.78 is 26.0. The van der Waals surface area contributed by atoms with Gasteiger partial charge in [0, 0.05) is 25.0 Å². The molecule has 1 aromatic rings. The number of aliphatic hydroxyl groups excluding tert-OH is 1. The lowest BCUT2D eigenvalue weighted by atomic mass is 10.1. The van der Waals surface area contributed by atoms with E-state index in [0.29, 0.717) is 31.6 Å². The summed E-state index contributed by atoms with van der Waals surface area (Å²) in [6.07, 6.45) is 2.13. The number of rotatable bonds is 2. The van der Waals surface area contributed by atoms with Gasteiger partial charge in [-0.05, 0) is 31.9 Å². The summed E-state index contributed by atoms with van der Waals surface area (Å²) in [7, 11) is -3.43. The largest absolute Gasteiger partial charge is 0.393 e. The highest BCUT2D eigenvalue weighted by molar-refractivity contribution is 7.89. The molecule has 2 rings (SSSR count). The van der Waals surface area contributed by atoms with Gasteiger partial charge in [-0.1, -0.05) is 0 Å². The third-order valence-corrected chi connectivity index (χ3v) is 4.82. The zero-order chi connectivity index (χ0) is 12.5. The van der Waals surface area contributed by atoms with Crippen LogP contribution in [0, 0.1) is 6.92 Å². The van der Waals surface area contributed by atoms with Crippen molar-refractivity contribution in [2.45, 2.75) is 30.8 Å². The number of aliphatic hydroxyl groups is 1. The van der Waals surface area contributed by atoms with Crippen molar-refractivity contribution >= 4 is 10.0 Å². The summed E-state index contributed by atoms with van der Waals surface area (Å²) >= 11 is 0. The quantitative estimate of drug-likeness (QED) is 0.838. The number of hydrogen-bond donors (Lipinski definition) is 1. The number of nitrogens with zero attached hydrogens (tertiary/aromatic N) is 2. The second-order valence-corrected chi connectivity index (χ2v) is 6.21. The fourth-order valence-electron chi connectivity index (χ4n) is 1.91. The maximum Gasteiger partial charge on any atom is 0.243 e. The van der Waals surface area contributed by atoms with E-state index in [4.69, 9.17) is 0 Å². The number of aryl methyl sites for hydroxylation is 1. The molecule has 0 aromatic carbocycles. The maximum atomic E-state index is 12.3. The van der Waals surface area contributed by atoms with Crippen LogP contribution in [0.4, 0.5) is 0 Å². The van der Waals surface area contributed by atoms with Gasteiger partial charge < -0.3 is 5.11 Å². The van der Waals surface area contributed by atoms with Crippen LogP contribution in [-0.2, 0) is 10.0 Å². The summed E-state index contributed by atoms with van der Waals surface area (Å²) in [6, 6.07) is 3.08. The maximum absolute atomic E-state index is 12.3. The normalized spacial score (nSPS) is 19.4. The lowest BCUT2D eigenvalue weighted by molar-refractivity contribution is 0.113. The van der Waals surface area contributed by atoms with Gasteiger partial charge in [0.15, 0.2) is 0 Å². The summed E-state index contributed by atoms with van der Waals surface area (Å²) in [5, 5.41) is 9.38. The molecule has 0 spiro atoms. The van der Waals surface area contributed by atoms with Crippen molar-refractivity contribution < 1.29 is 13.5 Å². The van der Waals surface area contributed by atoms with E-state index in [-0.39, 0.29) is 11.0 Å². The van der Waals surface area contributed by atoms with Gasteiger partial charge in [-0.25, -0.2) is 8.42 Å². The standard InChI is InChI=1S/C11H16N2O3S/c1-9-8-11(2-5-12-9)17(15,16)13-6-3-10(14)4-7-13/h2,5,8,10,14H,3-4,6-7H2,1H3. The van der Waals surface area contributed by atoms with Gasteiger partial charge in [-0.3, -0.25) is 4.98 Å². The minimum atomic E-state index is -3.43. The molecule has 1 aromatic heterocycles. The number of piperidine rings is 1. The molecule has 1 fully saturated rings. The first-order chi connectivity index (χ1) is 8.00. The molecule has 94 valence electrons. The van der Waals surface area contributed by atoms with E-state index in [2.05, 4.69) is 4.98 Å². The molecule has 17 heavy (non-hydrogen) atoms. The number of sulfonamides is 1. The van der Waals surface area contributed by atoms with Crippen molar-refractivity contribution in [1.82, 2.24) is 9.29 Å². The van der Waals surface area contributed by atoms with Gasteiger partial charge in [0.2, 0.25) is 10.0 Å². The molecule has 1 saturated heterocycles. The Kier molecular flexibility index (Phi) is 3.46. The SMILES string of the molecule is Cc1cc(S(=O)(=O)N2CCC(O)CC2)ccn1. The molecule has 0 unspecified atom stereocenters. The summed E-state index contributed by atoms with van der Waals surface area (Å²) in [5.41, 5.74) is 0.683. The van der Waals surface area contributed by atoms with Gasteiger partial charge in [0.25, 0.3) is 0 Å². The Morgan fingerprint density at radius 1 is 1.41 bits per heavy atom. The average molecular weight is 256 g/mol. The van der Waals surface area contributed by atoms with Gasteiger partial charge in [0.1, 0.15) is 0 Å². The van der Waals surface area contributed by atoms with Crippen LogP contribution >= 0.6 is 0 Å². The highest BCUT2D eigenvalue weighted by atomic mass is 32.2. The molecular formula is C11H16N2O3S. The molecule has 0 amide bonds. The highest BCUT2D eigenvalue weighted by Gasteiger charge is 2.28. The summed E-state index contributed by atoms with van der Waals surface area (Å²) in [6.45, 7) is 2.52. The molecule has 0 radical (unpaired) electrons. The van der Waals surface area contributed by atoms with Crippen molar-refractivity contribution in [3.8, 4) is 0 Å². The second-order valence-electron chi connectivity index (χ2n) is 4.27. The van der Waals surface area contributed by atoms with Crippen molar-refractivity contribution in [2.75, 3.05) is 13.1 Å². The molecule has 0 bridgehead atoms. The fourth-order valence-corrected chi connectivity index (χ4v) is 3.45. The summed E-state index contributed by atoms with van der Waals surface area (Å²) in [5.74, 6) is 0. The Balaban J connectivity index is 2.25. The Hall–Kier alpha value is -0.980. The predicted molar refractivity (Wildman–Crippen MR) is 63.0 cm³/mol. The molecule has 1 N–H and O–H groups in total. The van der Waals surface area contributed by atoms with E-state index in [0.717, 1.165) is 0 Å². The Bertz CT molecular complexity index is 493. The van der Waals surface area contributed by atoms with Crippen molar-refractivity contribution in [3.63, 3.8) is 0 Å². The van der Waals surface area contributed by atoms with E-state index < -0.39 is 10.0 Å². The zero-order valence-corrected chi connectivity index (χ0v) is 10.5. The van der Waals surface area contributed by atoms with Crippen molar-refractivity contribution in [1.29, 1.82) is 0 Å². The smallest absolute Gasteiger partial charge is 0.243 e. The lowest BCUT2D eigenvalue weighted by Gasteiger charge is -2.28. The van der Waals surface area contributed by atoms with Gasteiger partial charge in [-0.2, -0.15) is 4.31 Å². The molecule has 1 aliphatic rings. The van der Waals surface area contributed by atoms with Crippen LogP contribution in [-0.4, -0.2) is 42.0 Å². The van der Waals surface area contributed by atoms with Crippen LogP contribution in [0.25, 0.3) is 0 Å². The molecule has 0 aliphatic carbocycles.